The maximum atomic E-state index is 12.6. The molecule has 5 nitrogen and oxygen atoms in total. The second kappa shape index (κ2) is 7.11. The van der Waals surface area contributed by atoms with Gasteiger partial charge in [0.15, 0.2) is 5.13 Å². The number of carbonyl (C=O) groups is 1. The number of rotatable bonds is 4. The number of para-hydroxylation sites is 1. The molecule has 1 fully saturated rings. The number of hydrogen-bond acceptors (Lipinski definition) is 4. The van der Waals surface area contributed by atoms with Crippen LogP contribution in [-0.2, 0) is 11.2 Å². The fraction of sp³-hybridized carbons (Fsp3) is 0.263. The Morgan fingerprint density at radius 3 is 2.44 bits per heavy atom. The smallest absolute Gasteiger partial charge is 0.228 e. The monoisotopic (exact) mass is 352 g/mol. The van der Waals surface area contributed by atoms with Crippen molar-refractivity contribution in [3.05, 3.63) is 65.9 Å². The summed E-state index contributed by atoms with van der Waals surface area (Å²) in [5.41, 5.74) is 2.08. The molecule has 0 unspecified atom stereocenters. The van der Waals surface area contributed by atoms with E-state index in [0.29, 0.717) is 6.42 Å². The molecule has 0 radical (unpaired) electrons. The molecule has 3 heterocycles. The number of carbonyl (C=O) groups excluding carboxylic acids is 1. The quantitative estimate of drug-likeness (QED) is 0.725. The average Bonchev–Trinajstić information content (AvgIpc) is 3.34. The zero-order valence-electron chi connectivity index (χ0n) is 13.9. The minimum atomic E-state index is 0.164. The number of aromatic nitrogens is 2. The van der Waals surface area contributed by atoms with Gasteiger partial charge < -0.3 is 14.4 Å². The van der Waals surface area contributed by atoms with Gasteiger partial charge in [0.25, 0.3) is 0 Å². The standard InChI is InChI=1S/C19H20N4OS/c24-18(14-16-15-25-19(20-16)23-8-4-5-9-23)22-12-10-21(11-13-22)17-6-2-1-3-7-17/h1-9,15H,10-14H2. The number of thiazole rings is 1. The highest BCUT2D eigenvalue weighted by Crippen LogP contribution is 2.18. The maximum absolute atomic E-state index is 12.6. The first-order chi connectivity index (χ1) is 12.3. The summed E-state index contributed by atoms with van der Waals surface area (Å²) in [5.74, 6) is 0.164. The third-order valence-corrected chi connectivity index (χ3v) is 5.35. The van der Waals surface area contributed by atoms with E-state index in [4.69, 9.17) is 0 Å². The van der Waals surface area contributed by atoms with Gasteiger partial charge in [-0.3, -0.25) is 4.79 Å². The molecule has 0 atom stereocenters. The molecule has 0 saturated carbocycles. The topological polar surface area (TPSA) is 41.4 Å². The van der Waals surface area contributed by atoms with Crippen molar-refractivity contribution in [2.75, 3.05) is 31.1 Å². The van der Waals surface area contributed by atoms with E-state index in [1.807, 2.05) is 45.4 Å². The summed E-state index contributed by atoms with van der Waals surface area (Å²) in [5, 5.41) is 2.88. The van der Waals surface area contributed by atoms with E-state index in [-0.39, 0.29) is 5.91 Å². The first-order valence-corrected chi connectivity index (χ1v) is 9.33. The van der Waals surface area contributed by atoms with Crippen LogP contribution in [0.3, 0.4) is 0 Å². The predicted octanol–water partition coefficient (Wildman–Crippen LogP) is 2.83. The van der Waals surface area contributed by atoms with E-state index >= 15 is 0 Å². The molecule has 25 heavy (non-hydrogen) atoms. The summed E-state index contributed by atoms with van der Waals surface area (Å²) < 4.78 is 1.97. The molecular weight excluding hydrogens is 332 g/mol. The van der Waals surface area contributed by atoms with Gasteiger partial charge in [0, 0.05) is 49.6 Å². The lowest BCUT2D eigenvalue weighted by Gasteiger charge is -2.36. The van der Waals surface area contributed by atoms with Crippen LogP contribution in [0, 0.1) is 0 Å². The molecule has 0 N–H and O–H groups in total. The van der Waals surface area contributed by atoms with Crippen LogP contribution in [0.1, 0.15) is 5.69 Å². The third-order valence-electron chi connectivity index (χ3n) is 4.45. The molecular formula is C19H20N4OS. The fourth-order valence-corrected chi connectivity index (χ4v) is 3.87. The molecule has 0 spiro atoms. The summed E-state index contributed by atoms with van der Waals surface area (Å²) in [6.45, 7) is 3.29. The summed E-state index contributed by atoms with van der Waals surface area (Å²) in [6, 6.07) is 14.3. The largest absolute Gasteiger partial charge is 0.368 e. The second-order valence-corrected chi connectivity index (χ2v) is 6.93. The van der Waals surface area contributed by atoms with Crippen molar-refractivity contribution in [1.29, 1.82) is 0 Å². The van der Waals surface area contributed by atoms with Crippen LogP contribution in [-0.4, -0.2) is 46.5 Å². The highest BCUT2D eigenvalue weighted by atomic mass is 32.1. The molecule has 3 aromatic rings. The molecule has 128 valence electrons. The summed E-state index contributed by atoms with van der Waals surface area (Å²) in [6.07, 6.45) is 4.31. The van der Waals surface area contributed by atoms with Gasteiger partial charge in [-0.1, -0.05) is 18.2 Å². The van der Waals surface area contributed by atoms with Crippen LogP contribution < -0.4 is 4.90 Å². The molecule has 0 aliphatic carbocycles. The number of piperazine rings is 1. The van der Waals surface area contributed by atoms with E-state index in [0.717, 1.165) is 37.0 Å². The first-order valence-electron chi connectivity index (χ1n) is 8.45. The Morgan fingerprint density at radius 2 is 1.72 bits per heavy atom. The van der Waals surface area contributed by atoms with Crippen LogP contribution in [0.25, 0.3) is 5.13 Å². The maximum Gasteiger partial charge on any atom is 0.228 e. The van der Waals surface area contributed by atoms with Gasteiger partial charge in [-0.2, -0.15) is 0 Å². The minimum Gasteiger partial charge on any atom is -0.368 e. The number of benzene rings is 1. The Labute approximate surface area is 151 Å². The summed E-state index contributed by atoms with van der Waals surface area (Å²) >= 11 is 1.57. The zero-order chi connectivity index (χ0) is 17.1. The van der Waals surface area contributed by atoms with Crippen molar-refractivity contribution >= 4 is 22.9 Å². The van der Waals surface area contributed by atoms with Crippen molar-refractivity contribution in [3.8, 4) is 5.13 Å². The lowest BCUT2D eigenvalue weighted by atomic mass is 10.2. The van der Waals surface area contributed by atoms with Gasteiger partial charge in [0.05, 0.1) is 12.1 Å². The average molecular weight is 352 g/mol. The number of nitrogens with zero attached hydrogens (tertiary/aromatic N) is 4. The van der Waals surface area contributed by atoms with Gasteiger partial charge in [0.1, 0.15) is 0 Å². The van der Waals surface area contributed by atoms with Crippen LogP contribution in [0.15, 0.2) is 60.2 Å². The molecule has 1 saturated heterocycles. The van der Waals surface area contributed by atoms with Crippen molar-refractivity contribution in [2.24, 2.45) is 0 Å². The number of hydrogen-bond donors (Lipinski definition) is 0. The molecule has 2 aromatic heterocycles. The molecule has 6 heteroatoms. The number of anilines is 1. The molecule has 0 bridgehead atoms. The highest BCUT2D eigenvalue weighted by Gasteiger charge is 2.22. The summed E-state index contributed by atoms with van der Waals surface area (Å²) in [4.78, 5) is 21.4. The van der Waals surface area contributed by atoms with Crippen molar-refractivity contribution in [3.63, 3.8) is 0 Å². The summed E-state index contributed by atoms with van der Waals surface area (Å²) in [7, 11) is 0. The van der Waals surface area contributed by atoms with Crippen molar-refractivity contribution in [2.45, 2.75) is 6.42 Å². The van der Waals surface area contributed by atoms with Crippen LogP contribution in [0.4, 0.5) is 5.69 Å². The Hall–Kier alpha value is -2.60. The highest BCUT2D eigenvalue weighted by molar-refractivity contribution is 7.12. The van der Waals surface area contributed by atoms with E-state index in [2.05, 4.69) is 34.1 Å². The Bertz CT molecular complexity index is 820. The SMILES string of the molecule is O=C(Cc1csc(-n2cccc2)n1)N1CCN(c2ccccc2)CC1. The van der Waals surface area contributed by atoms with E-state index in [9.17, 15) is 4.79 Å². The second-order valence-electron chi connectivity index (χ2n) is 6.09. The zero-order valence-corrected chi connectivity index (χ0v) is 14.7. The molecule has 1 aliphatic rings. The van der Waals surface area contributed by atoms with Gasteiger partial charge in [-0.05, 0) is 24.3 Å². The van der Waals surface area contributed by atoms with Gasteiger partial charge in [0.2, 0.25) is 5.91 Å². The molecule has 1 aliphatic heterocycles. The molecule has 1 aromatic carbocycles. The van der Waals surface area contributed by atoms with E-state index in [1.165, 1.54) is 5.69 Å². The van der Waals surface area contributed by atoms with Gasteiger partial charge in [-0.25, -0.2) is 4.98 Å². The fourth-order valence-electron chi connectivity index (χ4n) is 3.08. The normalized spacial score (nSPS) is 14.7. The predicted molar refractivity (Wildman–Crippen MR) is 100 cm³/mol. The van der Waals surface area contributed by atoms with Gasteiger partial charge in [-0.15, -0.1) is 11.3 Å². The third kappa shape index (κ3) is 3.58. The van der Waals surface area contributed by atoms with E-state index < -0.39 is 0 Å². The Morgan fingerprint density at radius 1 is 1.00 bits per heavy atom. The minimum absolute atomic E-state index is 0.164. The Kier molecular flexibility index (Phi) is 4.52. The van der Waals surface area contributed by atoms with E-state index in [1.54, 1.807) is 11.3 Å². The van der Waals surface area contributed by atoms with Crippen molar-refractivity contribution < 1.29 is 4.79 Å². The lowest BCUT2D eigenvalue weighted by Crippen LogP contribution is -2.49. The molecule has 1 amide bonds. The van der Waals surface area contributed by atoms with Crippen molar-refractivity contribution in [1.82, 2.24) is 14.5 Å². The lowest BCUT2D eigenvalue weighted by molar-refractivity contribution is -0.130. The van der Waals surface area contributed by atoms with Gasteiger partial charge >= 0.3 is 0 Å². The Balaban J connectivity index is 1.34. The number of amides is 1. The van der Waals surface area contributed by atoms with Crippen LogP contribution >= 0.6 is 11.3 Å². The van der Waals surface area contributed by atoms with Crippen LogP contribution in [0.5, 0.6) is 0 Å². The molecule has 4 rings (SSSR count). The van der Waals surface area contributed by atoms with Crippen LogP contribution in [0.2, 0.25) is 0 Å². The first kappa shape index (κ1) is 15.9.